The lowest BCUT2D eigenvalue weighted by molar-refractivity contribution is -0.137. The highest BCUT2D eigenvalue weighted by molar-refractivity contribution is 7.99. The predicted molar refractivity (Wildman–Crippen MR) is 111 cm³/mol. The molecule has 158 valence electrons. The molecule has 0 spiro atoms. The van der Waals surface area contributed by atoms with Gasteiger partial charge in [0, 0.05) is 6.04 Å². The first kappa shape index (κ1) is 20.8. The first-order chi connectivity index (χ1) is 14.4. The van der Waals surface area contributed by atoms with Crippen LogP contribution in [-0.4, -0.2) is 27.3 Å². The topological polar surface area (TPSA) is 46.9 Å². The summed E-state index contributed by atoms with van der Waals surface area (Å²) in [7, 11) is 0. The molecule has 0 unspecified atom stereocenters. The summed E-state index contributed by atoms with van der Waals surface area (Å²) >= 11 is 1.26. The molecule has 3 aromatic rings. The lowest BCUT2D eigenvalue weighted by atomic mass is 10.2. The molecule has 8 heteroatoms. The van der Waals surface area contributed by atoms with Gasteiger partial charge in [0.1, 0.15) is 0 Å². The Balaban J connectivity index is 1.60. The van der Waals surface area contributed by atoms with Crippen molar-refractivity contribution in [3.63, 3.8) is 0 Å². The zero-order valence-electron chi connectivity index (χ0n) is 16.3. The fourth-order valence-electron chi connectivity index (χ4n) is 3.78. The average molecular weight is 433 g/mol. The number of aromatic nitrogens is 2. The smallest absolute Gasteiger partial charge is 0.353 e. The second-order valence-electron chi connectivity index (χ2n) is 7.50. The third-order valence-electron chi connectivity index (χ3n) is 5.28. The molecule has 30 heavy (non-hydrogen) atoms. The highest BCUT2D eigenvalue weighted by Crippen LogP contribution is 2.33. The van der Waals surface area contributed by atoms with Gasteiger partial charge in [-0.05, 0) is 36.6 Å². The van der Waals surface area contributed by atoms with Crippen LogP contribution in [0, 0.1) is 0 Å². The molecular weight excluding hydrogens is 411 g/mol. The van der Waals surface area contributed by atoms with Crippen LogP contribution in [-0.2, 0) is 17.5 Å². The number of amides is 1. The van der Waals surface area contributed by atoms with E-state index in [1.807, 2.05) is 34.9 Å². The first-order valence-electron chi connectivity index (χ1n) is 9.94. The fraction of sp³-hybridized carbons (Fsp3) is 0.364. The number of nitrogens with zero attached hydrogens (tertiary/aromatic N) is 2. The summed E-state index contributed by atoms with van der Waals surface area (Å²) in [5.74, 6) is 0.113. The molecule has 0 aliphatic heterocycles. The van der Waals surface area contributed by atoms with Crippen molar-refractivity contribution in [2.45, 2.75) is 49.6 Å². The van der Waals surface area contributed by atoms with Crippen molar-refractivity contribution in [1.82, 2.24) is 14.9 Å². The van der Waals surface area contributed by atoms with Gasteiger partial charge in [0.2, 0.25) is 5.91 Å². The summed E-state index contributed by atoms with van der Waals surface area (Å²) in [6, 6.07) is 13.5. The van der Waals surface area contributed by atoms with Gasteiger partial charge in [-0.1, -0.05) is 54.9 Å². The molecule has 4 rings (SSSR count). The van der Waals surface area contributed by atoms with Crippen molar-refractivity contribution < 1.29 is 18.0 Å². The number of alkyl halides is 3. The van der Waals surface area contributed by atoms with Gasteiger partial charge in [-0.3, -0.25) is 4.79 Å². The molecule has 0 saturated heterocycles. The molecule has 1 fully saturated rings. The van der Waals surface area contributed by atoms with E-state index in [-0.39, 0.29) is 23.2 Å². The third-order valence-corrected chi connectivity index (χ3v) is 6.25. The Morgan fingerprint density at radius 3 is 2.57 bits per heavy atom. The minimum absolute atomic E-state index is 0.0683. The van der Waals surface area contributed by atoms with Gasteiger partial charge in [0.25, 0.3) is 0 Å². The van der Waals surface area contributed by atoms with Gasteiger partial charge in [-0.2, -0.15) is 13.2 Å². The molecule has 1 aliphatic carbocycles. The molecule has 1 heterocycles. The van der Waals surface area contributed by atoms with Gasteiger partial charge < -0.3 is 9.88 Å². The number of halogens is 3. The molecule has 1 amide bonds. The van der Waals surface area contributed by atoms with Crippen LogP contribution in [0.5, 0.6) is 0 Å². The largest absolute Gasteiger partial charge is 0.416 e. The molecule has 4 nitrogen and oxygen atoms in total. The Hall–Kier alpha value is -2.48. The van der Waals surface area contributed by atoms with Crippen molar-refractivity contribution >= 4 is 28.7 Å². The van der Waals surface area contributed by atoms with Crippen LogP contribution in [0.4, 0.5) is 13.2 Å². The maximum atomic E-state index is 13.1. The Bertz CT molecular complexity index is 1030. The van der Waals surface area contributed by atoms with Gasteiger partial charge in [-0.15, -0.1) is 0 Å². The zero-order valence-corrected chi connectivity index (χ0v) is 17.1. The molecule has 0 radical (unpaired) electrons. The van der Waals surface area contributed by atoms with Crippen molar-refractivity contribution in [1.29, 1.82) is 0 Å². The number of thioether (sulfide) groups is 1. The number of hydrogen-bond acceptors (Lipinski definition) is 3. The van der Waals surface area contributed by atoms with Crippen LogP contribution in [0.2, 0.25) is 0 Å². The molecule has 1 N–H and O–H groups in total. The summed E-state index contributed by atoms with van der Waals surface area (Å²) in [6.45, 7) is 0.468. The predicted octanol–water partition coefficient (Wildman–Crippen LogP) is 5.25. The van der Waals surface area contributed by atoms with Crippen LogP contribution in [0.15, 0.2) is 53.7 Å². The van der Waals surface area contributed by atoms with E-state index in [9.17, 15) is 18.0 Å². The highest BCUT2D eigenvalue weighted by Gasteiger charge is 2.31. The minimum Gasteiger partial charge on any atom is -0.353 e. The van der Waals surface area contributed by atoms with E-state index in [2.05, 4.69) is 10.3 Å². The van der Waals surface area contributed by atoms with Crippen LogP contribution >= 0.6 is 11.8 Å². The Morgan fingerprint density at radius 2 is 1.87 bits per heavy atom. The second-order valence-corrected chi connectivity index (χ2v) is 8.45. The maximum Gasteiger partial charge on any atom is 0.416 e. The van der Waals surface area contributed by atoms with E-state index in [4.69, 9.17) is 0 Å². The monoisotopic (exact) mass is 433 g/mol. The number of benzene rings is 2. The molecule has 0 bridgehead atoms. The highest BCUT2D eigenvalue weighted by atomic mass is 32.2. The Labute approximate surface area is 176 Å². The normalized spacial score (nSPS) is 15.0. The second kappa shape index (κ2) is 8.71. The Kier molecular flexibility index (Phi) is 6.04. The lowest BCUT2D eigenvalue weighted by Gasteiger charge is -2.12. The standard InChI is InChI=1S/C22H22F3N3OS/c23-22(24,25)16-10-11-19-18(12-16)27-21(28(19)13-15-6-2-1-3-7-15)30-14-20(29)26-17-8-4-5-9-17/h1-3,6-7,10-12,17H,4-5,8-9,13-14H2,(H,26,29). The number of imidazole rings is 1. The zero-order chi connectivity index (χ0) is 21.1. The summed E-state index contributed by atoms with van der Waals surface area (Å²) < 4.78 is 41.2. The molecule has 0 atom stereocenters. The van der Waals surface area contributed by atoms with Crippen molar-refractivity contribution in [3.05, 3.63) is 59.7 Å². The average Bonchev–Trinajstić information content (AvgIpc) is 3.34. The number of rotatable bonds is 6. The lowest BCUT2D eigenvalue weighted by Crippen LogP contribution is -2.33. The molecule has 1 aliphatic rings. The van der Waals surface area contributed by atoms with Gasteiger partial charge in [0.15, 0.2) is 5.16 Å². The van der Waals surface area contributed by atoms with E-state index in [0.29, 0.717) is 17.2 Å². The Morgan fingerprint density at radius 1 is 1.13 bits per heavy atom. The van der Waals surface area contributed by atoms with E-state index in [0.717, 1.165) is 43.4 Å². The molecular formula is C22H22F3N3OS. The molecule has 2 aromatic carbocycles. The van der Waals surface area contributed by atoms with Crippen LogP contribution in [0.1, 0.15) is 36.8 Å². The maximum absolute atomic E-state index is 13.1. The number of hydrogen-bond donors (Lipinski definition) is 1. The van der Waals surface area contributed by atoms with Crippen LogP contribution < -0.4 is 5.32 Å². The van der Waals surface area contributed by atoms with E-state index in [1.165, 1.54) is 17.8 Å². The van der Waals surface area contributed by atoms with Crippen molar-refractivity contribution in [3.8, 4) is 0 Å². The van der Waals surface area contributed by atoms with Crippen LogP contribution in [0.3, 0.4) is 0 Å². The summed E-state index contributed by atoms with van der Waals surface area (Å²) in [5, 5.41) is 3.57. The quantitative estimate of drug-likeness (QED) is 0.540. The van der Waals surface area contributed by atoms with Crippen molar-refractivity contribution in [2.24, 2.45) is 0 Å². The van der Waals surface area contributed by atoms with Gasteiger partial charge in [0.05, 0.1) is 28.9 Å². The SMILES string of the molecule is O=C(CSc1nc2cc(C(F)(F)F)ccc2n1Cc1ccccc1)NC1CCCC1. The summed E-state index contributed by atoms with van der Waals surface area (Å²) in [4.78, 5) is 16.8. The van der Waals surface area contributed by atoms with Gasteiger partial charge >= 0.3 is 6.18 Å². The number of fused-ring (bicyclic) bond motifs is 1. The number of carbonyl (C=O) groups is 1. The van der Waals surface area contributed by atoms with E-state index < -0.39 is 11.7 Å². The molecule has 1 aromatic heterocycles. The molecule has 1 saturated carbocycles. The summed E-state index contributed by atoms with van der Waals surface area (Å²) in [5.41, 5.74) is 1.17. The van der Waals surface area contributed by atoms with E-state index in [1.54, 1.807) is 0 Å². The number of carbonyl (C=O) groups excluding carboxylic acids is 1. The minimum atomic E-state index is -4.42. The third kappa shape index (κ3) is 4.80. The first-order valence-corrected chi connectivity index (χ1v) is 10.9. The number of nitrogens with one attached hydrogen (secondary N) is 1. The summed E-state index contributed by atoms with van der Waals surface area (Å²) in [6.07, 6.45) is -0.156. The van der Waals surface area contributed by atoms with Gasteiger partial charge in [-0.25, -0.2) is 4.98 Å². The fourth-order valence-corrected chi connectivity index (χ4v) is 4.61. The van der Waals surface area contributed by atoms with Crippen molar-refractivity contribution in [2.75, 3.05) is 5.75 Å². The van der Waals surface area contributed by atoms with Crippen LogP contribution in [0.25, 0.3) is 11.0 Å². The van der Waals surface area contributed by atoms with E-state index >= 15 is 0 Å².